The van der Waals surface area contributed by atoms with Crippen molar-refractivity contribution in [3.05, 3.63) is 0 Å². The molecule has 0 radical (unpaired) electrons. The number of rotatable bonds is 3. The van der Waals surface area contributed by atoms with Gasteiger partial charge in [-0.2, -0.15) is 0 Å². The quantitative estimate of drug-likeness (QED) is 0.761. The lowest BCUT2D eigenvalue weighted by molar-refractivity contribution is -0.141. The normalized spacial score (nSPS) is 30.3. The molecule has 7 heteroatoms. The number of nitrogens with zero attached hydrogens (tertiary/aromatic N) is 2. The van der Waals surface area contributed by atoms with Gasteiger partial charge in [0.2, 0.25) is 0 Å². The predicted molar refractivity (Wildman–Crippen MR) is 70.3 cm³/mol. The van der Waals surface area contributed by atoms with E-state index in [1.807, 2.05) is 0 Å². The molecule has 0 aliphatic carbocycles. The summed E-state index contributed by atoms with van der Waals surface area (Å²) in [6.07, 6.45) is 1.35. The van der Waals surface area contributed by atoms with Crippen LogP contribution < -0.4 is 0 Å². The Morgan fingerprint density at radius 2 is 2.20 bits per heavy atom. The van der Waals surface area contributed by atoms with E-state index in [9.17, 15) is 14.7 Å². The summed E-state index contributed by atoms with van der Waals surface area (Å²) in [7, 11) is 1.67. The number of amides is 2. The standard InChI is InChI=1S/C13H22N2O5/c1-14(6-9-3-2-4-20-8-9)13(19)15-7-10(16)5-11(15)12(17)18/h9-11,16H,2-8H2,1H3,(H,17,18)/t9?,10-,11-/m0/s1. The number of aliphatic hydroxyl groups excluding tert-OH is 1. The van der Waals surface area contributed by atoms with Crippen molar-refractivity contribution in [1.82, 2.24) is 9.80 Å². The van der Waals surface area contributed by atoms with Crippen LogP contribution in [0, 0.1) is 5.92 Å². The van der Waals surface area contributed by atoms with Crippen molar-refractivity contribution >= 4 is 12.0 Å². The van der Waals surface area contributed by atoms with E-state index < -0.39 is 18.1 Å². The molecule has 2 saturated heterocycles. The van der Waals surface area contributed by atoms with Gasteiger partial charge in [-0.1, -0.05) is 0 Å². The number of carboxylic acids is 1. The minimum atomic E-state index is -1.07. The van der Waals surface area contributed by atoms with Gasteiger partial charge >= 0.3 is 12.0 Å². The molecule has 0 aromatic rings. The number of likely N-dealkylation sites (tertiary alicyclic amines) is 1. The van der Waals surface area contributed by atoms with E-state index >= 15 is 0 Å². The molecule has 0 bridgehead atoms. The number of aliphatic carboxylic acids is 1. The molecule has 2 fully saturated rings. The number of urea groups is 1. The third-order valence-corrected chi connectivity index (χ3v) is 3.92. The van der Waals surface area contributed by atoms with Crippen LogP contribution in [-0.4, -0.2) is 77.5 Å². The van der Waals surface area contributed by atoms with Crippen LogP contribution >= 0.6 is 0 Å². The molecule has 114 valence electrons. The van der Waals surface area contributed by atoms with E-state index in [0.717, 1.165) is 19.4 Å². The van der Waals surface area contributed by atoms with Crippen molar-refractivity contribution in [3.8, 4) is 0 Å². The second-order valence-corrected chi connectivity index (χ2v) is 5.64. The first-order valence-corrected chi connectivity index (χ1v) is 6.99. The van der Waals surface area contributed by atoms with Gasteiger partial charge in [0.05, 0.1) is 12.7 Å². The maximum atomic E-state index is 12.3. The van der Waals surface area contributed by atoms with E-state index in [0.29, 0.717) is 19.1 Å². The number of carboxylic acid groups (broad SMARTS) is 1. The molecule has 3 atom stereocenters. The number of carbonyl (C=O) groups is 2. The summed E-state index contributed by atoms with van der Waals surface area (Å²) in [4.78, 5) is 26.2. The molecular weight excluding hydrogens is 264 g/mol. The average molecular weight is 286 g/mol. The number of hydrogen-bond donors (Lipinski definition) is 2. The van der Waals surface area contributed by atoms with Crippen LogP contribution in [0.4, 0.5) is 4.79 Å². The molecule has 2 aliphatic rings. The van der Waals surface area contributed by atoms with Crippen LogP contribution in [0.3, 0.4) is 0 Å². The maximum Gasteiger partial charge on any atom is 0.326 e. The summed E-state index contributed by atoms with van der Waals surface area (Å²) in [5, 5.41) is 18.7. The zero-order chi connectivity index (χ0) is 14.7. The monoisotopic (exact) mass is 286 g/mol. The average Bonchev–Trinajstić information content (AvgIpc) is 2.81. The van der Waals surface area contributed by atoms with Gasteiger partial charge in [-0.15, -0.1) is 0 Å². The zero-order valence-electron chi connectivity index (χ0n) is 11.7. The van der Waals surface area contributed by atoms with Crippen molar-refractivity contribution in [2.24, 2.45) is 5.92 Å². The smallest absolute Gasteiger partial charge is 0.326 e. The molecule has 0 spiro atoms. The Kier molecular flexibility index (Phi) is 4.82. The molecular formula is C13H22N2O5. The van der Waals surface area contributed by atoms with Crippen molar-refractivity contribution in [2.75, 3.05) is 33.4 Å². The third kappa shape index (κ3) is 3.40. The Morgan fingerprint density at radius 3 is 2.80 bits per heavy atom. The second kappa shape index (κ2) is 6.41. The van der Waals surface area contributed by atoms with Gasteiger partial charge in [0.25, 0.3) is 0 Å². The molecule has 2 aliphatic heterocycles. The predicted octanol–water partition coefficient (Wildman–Crippen LogP) is -0.0154. The van der Waals surface area contributed by atoms with Crippen molar-refractivity contribution < 1.29 is 24.5 Å². The highest BCUT2D eigenvalue weighted by atomic mass is 16.5. The largest absolute Gasteiger partial charge is 0.480 e. The number of ether oxygens (including phenoxy) is 1. The third-order valence-electron chi connectivity index (χ3n) is 3.92. The van der Waals surface area contributed by atoms with Crippen LogP contribution in [-0.2, 0) is 9.53 Å². The number of β-amino-alcohol motifs (C(OH)–C–C–N with tert-alkyl or cyclic N) is 1. The lowest BCUT2D eigenvalue weighted by Gasteiger charge is -2.31. The first-order chi connectivity index (χ1) is 9.49. The number of carbonyl (C=O) groups excluding carboxylic acids is 1. The van der Waals surface area contributed by atoms with Crippen LogP contribution in [0.15, 0.2) is 0 Å². The Morgan fingerprint density at radius 1 is 1.45 bits per heavy atom. The van der Waals surface area contributed by atoms with Gasteiger partial charge in [0.1, 0.15) is 6.04 Å². The molecule has 2 heterocycles. The second-order valence-electron chi connectivity index (χ2n) is 5.64. The van der Waals surface area contributed by atoms with Crippen molar-refractivity contribution in [2.45, 2.75) is 31.4 Å². The van der Waals surface area contributed by atoms with Crippen molar-refractivity contribution in [3.63, 3.8) is 0 Å². The minimum absolute atomic E-state index is 0.0846. The Bertz CT molecular complexity index is 370. The van der Waals surface area contributed by atoms with Crippen LogP contribution in [0.2, 0.25) is 0 Å². The van der Waals surface area contributed by atoms with E-state index in [-0.39, 0.29) is 19.0 Å². The summed E-state index contributed by atoms with van der Waals surface area (Å²) < 4.78 is 5.38. The fraction of sp³-hybridized carbons (Fsp3) is 0.846. The number of hydrogen-bond acceptors (Lipinski definition) is 4. The Hall–Kier alpha value is -1.34. The van der Waals surface area contributed by atoms with E-state index in [2.05, 4.69) is 0 Å². The fourth-order valence-electron chi connectivity index (χ4n) is 2.90. The van der Waals surface area contributed by atoms with Crippen molar-refractivity contribution in [1.29, 1.82) is 0 Å². The SMILES string of the molecule is CN(CC1CCCOC1)C(=O)N1C[C@@H](O)C[C@H]1C(=O)O. The first-order valence-electron chi connectivity index (χ1n) is 6.99. The Labute approximate surface area is 118 Å². The molecule has 20 heavy (non-hydrogen) atoms. The van der Waals surface area contributed by atoms with Gasteiger partial charge in [-0.05, 0) is 12.8 Å². The summed E-state index contributed by atoms with van der Waals surface area (Å²) in [5.41, 5.74) is 0. The highest BCUT2D eigenvalue weighted by Gasteiger charge is 2.40. The highest BCUT2D eigenvalue weighted by molar-refractivity contribution is 5.83. The summed E-state index contributed by atoms with van der Waals surface area (Å²) in [5.74, 6) is -0.766. The summed E-state index contributed by atoms with van der Waals surface area (Å²) in [6, 6.07) is -1.26. The van der Waals surface area contributed by atoms with Gasteiger partial charge in [-0.25, -0.2) is 9.59 Å². The van der Waals surface area contributed by atoms with Gasteiger partial charge in [-0.3, -0.25) is 0 Å². The lowest BCUT2D eigenvalue weighted by atomic mass is 10.0. The van der Waals surface area contributed by atoms with Gasteiger partial charge in [0.15, 0.2) is 0 Å². The van der Waals surface area contributed by atoms with Crippen LogP contribution in [0.1, 0.15) is 19.3 Å². The molecule has 0 saturated carbocycles. The molecule has 7 nitrogen and oxygen atoms in total. The molecule has 0 aromatic heterocycles. The summed E-state index contributed by atoms with van der Waals surface area (Å²) >= 11 is 0. The maximum absolute atomic E-state index is 12.3. The molecule has 0 aromatic carbocycles. The van der Waals surface area contributed by atoms with E-state index in [4.69, 9.17) is 9.84 Å². The molecule has 2 N–H and O–H groups in total. The minimum Gasteiger partial charge on any atom is -0.480 e. The molecule has 1 unspecified atom stereocenters. The zero-order valence-corrected chi connectivity index (χ0v) is 11.7. The van der Waals surface area contributed by atoms with Crippen LogP contribution in [0.5, 0.6) is 0 Å². The fourth-order valence-corrected chi connectivity index (χ4v) is 2.90. The highest BCUT2D eigenvalue weighted by Crippen LogP contribution is 2.21. The Balaban J connectivity index is 1.93. The van der Waals surface area contributed by atoms with Gasteiger partial charge in [0, 0.05) is 39.1 Å². The lowest BCUT2D eigenvalue weighted by Crippen LogP contribution is -2.48. The van der Waals surface area contributed by atoms with E-state index in [1.54, 1.807) is 7.05 Å². The first kappa shape index (κ1) is 15.1. The van der Waals surface area contributed by atoms with E-state index in [1.165, 1.54) is 9.80 Å². The summed E-state index contributed by atoms with van der Waals surface area (Å²) in [6.45, 7) is 2.05. The molecule has 2 rings (SSSR count). The number of aliphatic hydroxyl groups is 1. The topological polar surface area (TPSA) is 90.3 Å². The van der Waals surface area contributed by atoms with Crippen LogP contribution in [0.25, 0.3) is 0 Å². The van der Waals surface area contributed by atoms with Gasteiger partial charge < -0.3 is 24.7 Å². The molecule has 2 amide bonds.